The third-order valence-electron chi connectivity index (χ3n) is 3.58. The number of amides is 1. The molecule has 0 bridgehead atoms. The smallest absolute Gasteiger partial charge is 0.387 e. The Bertz CT molecular complexity index is 853. The third-order valence-corrected chi connectivity index (χ3v) is 3.58. The first-order valence-corrected chi connectivity index (χ1v) is 7.80. The average Bonchev–Trinajstić information content (AvgIpc) is 2.52. The topological polar surface area (TPSA) is 84.1 Å². The van der Waals surface area contributed by atoms with Gasteiger partial charge in [-0.3, -0.25) is 9.59 Å². The summed E-state index contributed by atoms with van der Waals surface area (Å²) in [7, 11) is 0. The molecule has 6 nitrogen and oxygen atoms in total. The lowest BCUT2D eigenvalue weighted by atomic mass is 9.95. The lowest BCUT2D eigenvalue weighted by Gasteiger charge is -2.23. The Kier molecular flexibility index (Phi) is 6.01. The number of carbonyl (C=O) groups excluding carboxylic acids is 1. The number of ether oxygens (including phenoxy) is 1. The molecule has 0 saturated heterocycles. The number of aryl methyl sites for hydroxylation is 1. The van der Waals surface area contributed by atoms with Crippen molar-refractivity contribution in [2.75, 3.05) is 0 Å². The fourth-order valence-corrected chi connectivity index (χ4v) is 2.45. The lowest BCUT2D eigenvalue weighted by molar-refractivity contribution is -0.0522. The minimum atomic E-state index is -3.14. The van der Waals surface area contributed by atoms with Crippen LogP contribution < -0.4 is 15.6 Å². The summed E-state index contributed by atoms with van der Waals surface area (Å²) in [5.74, 6) is -2.02. The van der Waals surface area contributed by atoms with Gasteiger partial charge in [-0.2, -0.15) is 8.78 Å². The van der Waals surface area contributed by atoms with Crippen LogP contribution in [-0.2, 0) is 0 Å². The Hall–Kier alpha value is -2.84. The molecule has 2 aromatic rings. The predicted octanol–water partition coefficient (Wildman–Crippen LogP) is 2.95. The number of benzene rings is 1. The van der Waals surface area contributed by atoms with Gasteiger partial charge >= 0.3 is 6.61 Å². The molecular formula is C17H18F3N3O3. The molecule has 0 aliphatic carbocycles. The molecule has 1 amide bonds. The second kappa shape index (κ2) is 8.03. The molecular weight excluding hydrogens is 351 g/mol. The van der Waals surface area contributed by atoms with E-state index in [1.807, 2.05) is 0 Å². The zero-order valence-electron chi connectivity index (χ0n) is 14.3. The molecule has 0 aliphatic rings. The van der Waals surface area contributed by atoms with E-state index in [0.29, 0.717) is 5.56 Å². The number of aromatic amines is 1. The number of H-pyrrole nitrogens is 1. The number of aromatic nitrogens is 2. The number of nitrogens with zero attached hydrogens (tertiary/aromatic N) is 1. The summed E-state index contributed by atoms with van der Waals surface area (Å²) in [4.78, 5) is 30.3. The van der Waals surface area contributed by atoms with Crippen molar-refractivity contribution in [2.45, 2.75) is 33.4 Å². The Morgan fingerprint density at radius 2 is 1.96 bits per heavy atom. The maximum atomic E-state index is 14.0. The van der Waals surface area contributed by atoms with E-state index in [9.17, 15) is 22.8 Å². The zero-order chi connectivity index (χ0) is 19.4. The zero-order valence-corrected chi connectivity index (χ0v) is 14.3. The van der Waals surface area contributed by atoms with E-state index in [1.54, 1.807) is 13.8 Å². The van der Waals surface area contributed by atoms with Gasteiger partial charge in [0, 0.05) is 6.07 Å². The van der Waals surface area contributed by atoms with Crippen LogP contribution in [0.3, 0.4) is 0 Å². The maximum absolute atomic E-state index is 14.0. The highest BCUT2D eigenvalue weighted by Crippen LogP contribution is 2.27. The monoisotopic (exact) mass is 369 g/mol. The molecule has 2 N–H and O–H groups in total. The van der Waals surface area contributed by atoms with Gasteiger partial charge in [-0.05, 0) is 30.5 Å². The minimum Gasteiger partial charge on any atom is -0.432 e. The average molecular weight is 369 g/mol. The van der Waals surface area contributed by atoms with Crippen LogP contribution in [0.2, 0.25) is 0 Å². The van der Waals surface area contributed by atoms with Crippen molar-refractivity contribution >= 4 is 5.91 Å². The SMILES string of the molecule is Cc1nc(C(=O)N[C@@H](c2ccc(OC(F)F)c(F)c2)C(C)C)cc(=O)[nH]1. The van der Waals surface area contributed by atoms with Crippen molar-refractivity contribution in [3.05, 3.63) is 57.5 Å². The van der Waals surface area contributed by atoms with Crippen molar-refractivity contribution in [3.63, 3.8) is 0 Å². The molecule has 1 aromatic heterocycles. The highest BCUT2D eigenvalue weighted by atomic mass is 19.3. The molecule has 9 heteroatoms. The predicted molar refractivity (Wildman–Crippen MR) is 87.7 cm³/mol. The maximum Gasteiger partial charge on any atom is 0.387 e. The molecule has 140 valence electrons. The van der Waals surface area contributed by atoms with Crippen molar-refractivity contribution in [1.29, 1.82) is 0 Å². The number of nitrogens with one attached hydrogen (secondary N) is 2. The van der Waals surface area contributed by atoms with Gasteiger partial charge in [0.15, 0.2) is 11.6 Å². The van der Waals surface area contributed by atoms with Gasteiger partial charge in [-0.25, -0.2) is 9.37 Å². The normalized spacial score (nSPS) is 12.3. The second-order valence-electron chi connectivity index (χ2n) is 5.98. The van der Waals surface area contributed by atoms with E-state index in [-0.39, 0.29) is 17.4 Å². The summed E-state index contributed by atoms with van der Waals surface area (Å²) in [6.07, 6.45) is 0. The van der Waals surface area contributed by atoms with Crippen molar-refractivity contribution in [2.24, 2.45) is 5.92 Å². The molecule has 1 heterocycles. The Morgan fingerprint density at radius 3 is 2.50 bits per heavy atom. The van der Waals surface area contributed by atoms with Crippen molar-refractivity contribution in [3.8, 4) is 5.75 Å². The largest absolute Gasteiger partial charge is 0.432 e. The quantitative estimate of drug-likeness (QED) is 0.820. The van der Waals surface area contributed by atoms with Crippen molar-refractivity contribution < 1.29 is 22.7 Å². The third kappa shape index (κ3) is 4.84. The van der Waals surface area contributed by atoms with Crippen LogP contribution in [-0.4, -0.2) is 22.5 Å². The minimum absolute atomic E-state index is 0.0741. The summed E-state index contributed by atoms with van der Waals surface area (Å²) in [6, 6.07) is 3.92. The van der Waals surface area contributed by atoms with E-state index >= 15 is 0 Å². The number of hydrogen-bond acceptors (Lipinski definition) is 4. The standard InChI is InChI=1S/C17H18F3N3O3/c1-8(2)15(10-4-5-13(11(18)6-10)26-17(19)20)23-16(25)12-7-14(24)22-9(3)21-12/h4-8,15,17H,1-3H3,(H,23,25)(H,21,22,24)/t15-/m1/s1. The summed E-state index contributed by atoms with van der Waals surface area (Å²) >= 11 is 0. The molecule has 0 radical (unpaired) electrons. The van der Waals surface area contributed by atoms with Crippen LogP contribution in [0.25, 0.3) is 0 Å². The van der Waals surface area contributed by atoms with Crippen LogP contribution in [0.4, 0.5) is 13.2 Å². The molecule has 1 atom stereocenters. The molecule has 0 unspecified atom stereocenters. The van der Waals surface area contributed by atoms with E-state index in [2.05, 4.69) is 20.0 Å². The highest BCUT2D eigenvalue weighted by molar-refractivity contribution is 5.92. The number of alkyl halides is 2. The van der Waals surface area contributed by atoms with Gasteiger partial charge < -0.3 is 15.0 Å². The number of carbonyl (C=O) groups is 1. The molecule has 0 spiro atoms. The number of hydrogen-bond donors (Lipinski definition) is 2. The van der Waals surface area contributed by atoms with Gasteiger partial charge in [0.25, 0.3) is 11.5 Å². The van der Waals surface area contributed by atoms with Gasteiger partial charge in [0.05, 0.1) is 6.04 Å². The van der Waals surface area contributed by atoms with E-state index in [0.717, 1.165) is 18.2 Å². The fraction of sp³-hybridized carbons (Fsp3) is 0.353. The number of rotatable bonds is 6. The van der Waals surface area contributed by atoms with Gasteiger partial charge in [0.2, 0.25) is 0 Å². The Balaban J connectivity index is 2.27. The van der Waals surface area contributed by atoms with Crippen LogP contribution >= 0.6 is 0 Å². The molecule has 0 aliphatic heterocycles. The van der Waals surface area contributed by atoms with Gasteiger partial charge in [-0.1, -0.05) is 19.9 Å². The summed E-state index contributed by atoms with van der Waals surface area (Å²) in [5, 5.41) is 2.68. The molecule has 26 heavy (non-hydrogen) atoms. The van der Waals surface area contributed by atoms with Crippen LogP contribution in [0.5, 0.6) is 5.75 Å². The molecule has 2 rings (SSSR count). The Morgan fingerprint density at radius 1 is 1.27 bits per heavy atom. The second-order valence-corrected chi connectivity index (χ2v) is 5.98. The van der Waals surface area contributed by atoms with Crippen LogP contribution in [0.15, 0.2) is 29.1 Å². The summed E-state index contributed by atoms with van der Waals surface area (Å²) < 4.78 is 42.5. The fourth-order valence-electron chi connectivity index (χ4n) is 2.45. The first-order valence-electron chi connectivity index (χ1n) is 7.80. The van der Waals surface area contributed by atoms with Gasteiger partial charge in [0.1, 0.15) is 11.5 Å². The van der Waals surface area contributed by atoms with E-state index in [4.69, 9.17) is 0 Å². The summed E-state index contributed by atoms with van der Waals surface area (Å²) in [5.41, 5.74) is -0.174. The molecule has 1 aromatic carbocycles. The number of halogens is 3. The van der Waals surface area contributed by atoms with E-state index < -0.39 is 35.7 Å². The van der Waals surface area contributed by atoms with E-state index in [1.165, 1.54) is 13.0 Å². The molecule has 0 saturated carbocycles. The van der Waals surface area contributed by atoms with Crippen LogP contribution in [0.1, 0.15) is 41.8 Å². The van der Waals surface area contributed by atoms with Crippen molar-refractivity contribution in [1.82, 2.24) is 15.3 Å². The summed E-state index contributed by atoms with van der Waals surface area (Å²) in [6.45, 7) is 1.99. The van der Waals surface area contributed by atoms with Gasteiger partial charge in [-0.15, -0.1) is 0 Å². The first-order chi connectivity index (χ1) is 12.2. The lowest BCUT2D eigenvalue weighted by Crippen LogP contribution is -2.33. The molecule has 0 fully saturated rings. The van der Waals surface area contributed by atoms with Crippen LogP contribution in [0, 0.1) is 18.7 Å². The first kappa shape index (κ1) is 19.5. The Labute approximate surface area is 147 Å². The highest BCUT2D eigenvalue weighted by Gasteiger charge is 2.22.